The molecule has 0 atom stereocenters. The number of carbonyl (C=O) groups is 1. The summed E-state index contributed by atoms with van der Waals surface area (Å²) in [4.78, 5) is 13.8. The van der Waals surface area contributed by atoms with Gasteiger partial charge in [0.2, 0.25) is 5.91 Å². The van der Waals surface area contributed by atoms with Crippen LogP contribution in [0.3, 0.4) is 0 Å². The van der Waals surface area contributed by atoms with E-state index >= 15 is 0 Å². The van der Waals surface area contributed by atoms with Gasteiger partial charge in [0, 0.05) is 25.2 Å². The Morgan fingerprint density at radius 1 is 1.47 bits per heavy atom. The molecule has 0 spiro atoms. The molecular weight excluding hydrogens is 218 g/mol. The molecule has 1 aromatic heterocycles. The second kappa shape index (κ2) is 3.84. The highest BCUT2D eigenvalue weighted by Crippen LogP contribution is 2.35. The van der Waals surface area contributed by atoms with E-state index in [-0.39, 0.29) is 11.8 Å². The molecule has 1 aliphatic carbocycles. The first kappa shape index (κ1) is 10.8. The second-order valence-corrected chi connectivity index (χ2v) is 5.10. The number of hydrogen-bond donors (Lipinski definition) is 2. The lowest BCUT2D eigenvalue weighted by Gasteiger charge is -2.37. The van der Waals surface area contributed by atoms with Crippen LogP contribution >= 0.6 is 0 Å². The Labute approximate surface area is 99.8 Å². The van der Waals surface area contributed by atoms with E-state index in [2.05, 4.69) is 10.2 Å². The van der Waals surface area contributed by atoms with E-state index in [0.29, 0.717) is 25.9 Å². The number of carbonyl (C=O) groups excluding carboxylic acids is 1. The Morgan fingerprint density at radius 2 is 2.18 bits per heavy atom. The number of aromatic nitrogens is 2. The number of likely N-dealkylation sites (tertiary alicyclic amines) is 1. The van der Waals surface area contributed by atoms with E-state index in [1.807, 2.05) is 4.90 Å². The number of aliphatic hydroxyl groups is 1. The van der Waals surface area contributed by atoms with Crippen LogP contribution in [0.4, 0.5) is 0 Å². The third-order valence-electron chi connectivity index (χ3n) is 3.83. The molecule has 2 aliphatic rings. The minimum atomic E-state index is -0.836. The fourth-order valence-electron chi connectivity index (χ4n) is 2.47. The lowest BCUT2D eigenvalue weighted by Crippen LogP contribution is -2.45. The van der Waals surface area contributed by atoms with Crippen LogP contribution in [0.5, 0.6) is 0 Å². The molecule has 0 bridgehead atoms. The number of H-pyrrole nitrogens is 1. The summed E-state index contributed by atoms with van der Waals surface area (Å²) in [6, 6.07) is 1.80. The molecule has 2 N–H and O–H groups in total. The van der Waals surface area contributed by atoms with Crippen LogP contribution in [0.25, 0.3) is 0 Å². The summed E-state index contributed by atoms with van der Waals surface area (Å²) in [5.41, 5.74) is -0.0763. The van der Waals surface area contributed by atoms with Crippen LogP contribution in [0.15, 0.2) is 12.3 Å². The van der Waals surface area contributed by atoms with Gasteiger partial charge < -0.3 is 10.0 Å². The molecule has 1 aliphatic heterocycles. The van der Waals surface area contributed by atoms with Crippen molar-refractivity contribution in [1.29, 1.82) is 0 Å². The van der Waals surface area contributed by atoms with Gasteiger partial charge in [-0.1, -0.05) is 0 Å². The maximum Gasteiger partial charge on any atom is 0.225 e. The fraction of sp³-hybridized carbons (Fsp3) is 0.667. The van der Waals surface area contributed by atoms with Crippen LogP contribution in [0.1, 0.15) is 31.4 Å². The average Bonchev–Trinajstić information content (AvgIpc) is 3.03. The Balaban J connectivity index is 1.65. The molecule has 5 nitrogen and oxygen atoms in total. The van der Waals surface area contributed by atoms with Crippen LogP contribution in [0.2, 0.25) is 0 Å². The third-order valence-corrected chi connectivity index (χ3v) is 3.83. The third kappa shape index (κ3) is 1.95. The number of piperidine rings is 1. The highest BCUT2D eigenvalue weighted by Gasteiger charge is 2.40. The van der Waals surface area contributed by atoms with Gasteiger partial charge in [0.25, 0.3) is 0 Å². The van der Waals surface area contributed by atoms with Crippen LogP contribution in [-0.2, 0) is 10.4 Å². The van der Waals surface area contributed by atoms with Gasteiger partial charge in [0.1, 0.15) is 5.60 Å². The SMILES string of the molecule is O=C(C1CC1)N1CCC(O)(c2ccn[nH]2)CC1. The first-order valence-electron chi connectivity index (χ1n) is 6.20. The van der Waals surface area contributed by atoms with Crippen molar-refractivity contribution < 1.29 is 9.90 Å². The van der Waals surface area contributed by atoms with E-state index in [1.54, 1.807) is 12.3 Å². The van der Waals surface area contributed by atoms with Gasteiger partial charge in [0.05, 0.1) is 5.69 Å². The van der Waals surface area contributed by atoms with Crippen molar-refractivity contribution in [3.63, 3.8) is 0 Å². The predicted molar refractivity (Wildman–Crippen MR) is 61.0 cm³/mol. The lowest BCUT2D eigenvalue weighted by atomic mass is 9.88. The van der Waals surface area contributed by atoms with Crippen LogP contribution < -0.4 is 0 Å². The fourth-order valence-corrected chi connectivity index (χ4v) is 2.47. The molecule has 0 unspecified atom stereocenters. The van der Waals surface area contributed by atoms with Gasteiger partial charge in [-0.25, -0.2) is 0 Å². The van der Waals surface area contributed by atoms with Gasteiger partial charge in [-0.2, -0.15) is 5.10 Å². The van der Waals surface area contributed by atoms with Crippen molar-refractivity contribution >= 4 is 5.91 Å². The molecule has 92 valence electrons. The summed E-state index contributed by atoms with van der Waals surface area (Å²) in [6.45, 7) is 1.29. The van der Waals surface area contributed by atoms with E-state index in [9.17, 15) is 9.90 Å². The molecule has 3 rings (SSSR count). The normalized spacial score (nSPS) is 23.7. The Kier molecular flexibility index (Phi) is 2.43. The van der Waals surface area contributed by atoms with Gasteiger partial charge in [-0.3, -0.25) is 9.89 Å². The Hall–Kier alpha value is -1.36. The predicted octanol–water partition coefficient (Wildman–Crippen LogP) is 0.630. The average molecular weight is 235 g/mol. The summed E-state index contributed by atoms with van der Waals surface area (Å²) in [7, 11) is 0. The quantitative estimate of drug-likeness (QED) is 0.790. The summed E-state index contributed by atoms with van der Waals surface area (Å²) in [5, 5.41) is 17.2. The number of rotatable bonds is 2. The van der Waals surface area contributed by atoms with E-state index in [0.717, 1.165) is 18.5 Å². The van der Waals surface area contributed by atoms with E-state index in [4.69, 9.17) is 0 Å². The number of hydrogen-bond acceptors (Lipinski definition) is 3. The first-order chi connectivity index (χ1) is 8.19. The molecule has 0 radical (unpaired) electrons. The van der Waals surface area contributed by atoms with Gasteiger partial charge >= 0.3 is 0 Å². The molecule has 5 heteroatoms. The summed E-state index contributed by atoms with van der Waals surface area (Å²) in [5.74, 6) is 0.546. The zero-order valence-electron chi connectivity index (χ0n) is 9.72. The number of nitrogens with zero attached hydrogens (tertiary/aromatic N) is 2. The molecule has 1 saturated carbocycles. The molecule has 1 aromatic rings. The first-order valence-corrected chi connectivity index (χ1v) is 6.20. The van der Waals surface area contributed by atoms with Crippen molar-refractivity contribution in [2.75, 3.05) is 13.1 Å². The van der Waals surface area contributed by atoms with E-state index < -0.39 is 5.60 Å². The van der Waals surface area contributed by atoms with Crippen molar-refractivity contribution in [3.05, 3.63) is 18.0 Å². The Morgan fingerprint density at radius 3 is 2.71 bits per heavy atom. The monoisotopic (exact) mass is 235 g/mol. The van der Waals surface area contributed by atoms with Crippen molar-refractivity contribution in [2.24, 2.45) is 5.92 Å². The van der Waals surface area contributed by atoms with Gasteiger partial charge in [-0.15, -0.1) is 0 Å². The number of aromatic amines is 1. The second-order valence-electron chi connectivity index (χ2n) is 5.10. The molecule has 1 saturated heterocycles. The maximum absolute atomic E-state index is 11.9. The highest BCUT2D eigenvalue weighted by atomic mass is 16.3. The van der Waals surface area contributed by atoms with E-state index in [1.165, 1.54) is 0 Å². The maximum atomic E-state index is 11.9. The van der Waals surface area contributed by atoms with Crippen LogP contribution in [0, 0.1) is 5.92 Å². The number of nitrogens with one attached hydrogen (secondary N) is 1. The molecule has 1 amide bonds. The van der Waals surface area contributed by atoms with Gasteiger partial charge in [-0.05, 0) is 31.7 Å². The summed E-state index contributed by atoms with van der Waals surface area (Å²) in [6.07, 6.45) is 4.91. The number of amides is 1. The summed E-state index contributed by atoms with van der Waals surface area (Å²) < 4.78 is 0. The van der Waals surface area contributed by atoms with Crippen molar-refractivity contribution in [2.45, 2.75) is 31.3 Å². The molecule has 17 heavy (non-hydrogen) atoms. The summed E-state index contributed by atoms with van der Waals surface area (Å²) >= 11 is 0. The minimum absolute atomic E-state index is 0.272. The zero-order valence-corrected chi connectivity index (χ0v) is 9.72. The van der Waals surface area contributed by atoms with Crippen LogP contribution in [-0.4, -0.2) is 39.2 Å². The molecule has 2 fully saturated rings. The largest absolute Gasteiger partial charge is 0.383 e. The topological polar surface area (TPSA) is 69.2 Å². The Bertz CT molecular complexity index is 403. The molecule has 0 aromatic carbocycles. The standard InChI is InChI=1S/C12H17N3O2/c16-11(9-1-2-9)15-7-4-12(17,5-8-15)10-3-6-13-14-10/h3,6,9,17H,1-2,4-5,7-8H2,(H,13,14). The van der Waals surface area contributed by atoms with Crippen molar-refractivity contribution in [1.82, 2.24) is 15.1 Å². The highest BCUT2D eigenvalue weighted by molar-refractivity contribution is 5.81. The van der Waals surface area contributed by atoms with Crippen molar-refractivity contribution in [3.8, 4) is 0 Å². The smallest absolute Gasteiger partial charge is 0.225 e. The molecular formula is C12H17N3O2. The minimum Gasteiger partial charge on any atom is -0.383 e. The van der Waals surface area contributed by atoms with Gasteiger partial charge in [0.15, 0.2) is 0 Å². The molecule has 2 heterocycles. The lowest BCUT2D eigenvalue weighted by molar-refractivity contribution is -0.137. The zero-order chi connectivity index (χ0) is 11.9.